The summed E-state index contributed by atoms with van der Waals surface area (Å²) in [6.07, 6.45) is 7.66. The Morgan fingerprint density at radius 3 is 2.63 bits per heavy atom. The summed E-state index contributed by atoms with van der Waals surface area (Å²) < 4.78 is 27.3. The third-order valence-electron chi connectivity index (χ3n) is 3.40. The minimum Gasteiger partial charge on any atom is -0.207 e. The second-order valence-corrected chi connectivity index (χ2v) is 6.58. The van der Waals surface area contributed by atoms with E-state index < -0.39 is 10.0 Å². The van der Waals surface area contributed by atoms with E-state index in [1.54, 1.807) is 24.3 Å². The van der Waals surface area contributed by atoms with Crippen LogP contribution in [-0.4, -0.2) is 14.5 Å². The average molecular weight is 277 g/mol. The lowest BCUT2D eigenvalue weighted by atomic mass is 9.90. The highest BCUT2D eigenvalue weighted by Crippen LogP contribution is 2.21. The summed E-state index contributed by atoms with van der Waals surface area (Å²) in [5, 5.41) is 0. The van der Waals surface area contributed by atoms with Crippen molar-refractivity contribution in [1.82, 2.24) is 4.72 Å². The van der Waals surface area contributed by atoms with Crippen molar-refractivity contribution in [3.05, 3.63) is 54.6 Å². The Bertz CT molecular complexity index is 573. The summed E-state index contributed by atoms with van der Waals surface area (Å²) in [6, 6.07) is 6.67. The van der Waals surface area contributed by atoms with Crippen LogP contribution in [0.25, 0.3) is 0 Å². The van der Waals surface area contributed by atoms with Crippen LogP contribution in [0.2, 0.25) is 0 Å². The zero-order valence-corrected chi connectivity index (χ0v) is 11.9. The highest BCUT2D eigenvalue weighted by Gasteiger charge is 2.24. The lowest BCUT2D eigenvalue weighted by molar-refractivity contribution is 0.476. The van der Waals surface area contributed by atoms with Crippen molar-refractivity contribution >= 4 is 10.0 Å². The van der Waals surface area contributed by atoms with Crippen LogP contribution in [0.5, 0.6) is 0 Å². The molecule has 1 aromatic carbocycles. The van der Waals surface area contributed by atoms with E-state index in [1.807, 2.05) is 25.2 Å². The lowest BCUT2D eigenvalue weighted by Crippen LogP contribution is -2.39. The van der Waals surface area contributed by atoms with Gasteiger partial charge >= 0.3 is 0 Å². The van der Waals surface area contributed by atoms with Crippen LogP contribution in [0.4, 0.5) is 0 Å². The van der Waals surface area contributed by atoms with Crippen LogP contribution in [0.15, 0.2) is 54.0 Å². The summed E-state index contributed by atoms with van der Waals surface area (Å²) in [6.45, 7) is 5.71. The molecule has 19 heavy (non-hydrogen) atoms. The fourth-order valence-electron chi connectivity index (χ4n) is 2.21. The molecule has 2 rings (SSSR count). The van der Waals surface area contributed by atoms with E-state index in [4.69, 9.17) is 0 Å². The summed E-state index contributed by atoms with van der Waals surface area (Å²) in [7, 11) is -3.47. The van der Waals surface area contributed by atoms with Gasteiger partial charge in [0.1, 0.15) is 0 Å². The Morgan fingerprint density at radius 2 is 2.00 bits per heavy atom. The van der Waals surface area contributed by atoms with Crippen LogP contribution in [0.3, 0.4) is 0 Å². The van der Waals surface area contributed by atoms with Crippen LogP contribution in [-0.2, 0) is 10.0 Å². The van der Waals surface area contributed by atoms with Crippen molar-refractivity contribution in [3.8, 4) is 0 Å². The van der Waals surface area contributed by atoms with Crippen LogP contribution >= 0.6 is 0 Å². The van der Waals surface area contributed by atoms with Gasteiger partial charge in [0.15, 0.2) is 0 Å². The first kappa shape index (κ1) is 14.0. The van der Waals surface area contributed by atoms with Crippen molar-refractivity contribution in [2.75, 3.05) is 0 Å². The fraction of sp³-hybridized carbons (Fsp3) is 0.333. The Balaban J connectivity index is 2.21. The van der Waals surface area contributed by atoms with E-state index in [2.05, 4.69) is 11.3 Å². The van der Waals surface area contributed by atoms with Crippen molar-refractivity contribution in [1.29, 1.82) is 0 Å². The number of benzene rings is 1. The van der Waals surface area contributed by atoms with Gasteiger partial charge in [0.2, 0.25) is 10.0 Å². The number of sulfonamides is 1. The normalized spacial score (nSPS) is 23.2. The first-order chi connectivity index (χ1) is 9.03. The van der Waals surface area contributed by atoms with Gasteiger partial charge in [-0.2, -0.15) is 0 Å². The highest BCUT2D eigenvalue weighted by molar-refractivity contribution is 7.89. The second kappa shape index (κ2) is 5.72. The van der Waals surface area contributed by atoms with Crippen LogP contribution in [0, 0.1) is 12.8 Å². The SMILES string of the molecule is C=C[C@H]1CCC=C[C@H]1NS(=O)(=O)c1ccc(C)cc1. The monoisotopic (exact) mass is 277 g/mol. The molecule has 0 aliphatic heterocycles. The molecule has 1 aliphatic carbocycles. The topological polar surface area (TPSA) is 46.2 Å². The molecule has 3 nitrogen and oxygen atoms in total. The van der Waals surface area contributed by atoms with Gasteiger partial charge in [-0.1, -0.05) is 35.9 Å². The van der Waals surface area contributed by atoms with Gasteiger partial charge in [0, 0.05) is 6.04 Å². The quantitative estimate of drug-likeness (QED) is 0.860. The molecule has 0 radical (unpaired) electrons. The average Bonchev–Trinajstić information content (AvgIpc) is 2.39. The molecule has 0 spiro atoms. The third-order valence-corrected chi connectivity index (χ3v) is 4.87. The van der Waals surface area contributed by atoms with Gasteiger partial charge < -0.3 is 0 Å². The predicted molar refractivity (Wildman–Crippen MR) is 77.3 cm³/mol. The molecule has 1 aliphatic rings. The van der Waals surface area contributed by atoms with E-state index in [-0.39, 0.29) is 12.0 Å². The molecule has 2 atom stereocenters. The van der Waals surface area contributed by atoms with Gasteiger partial charge in [-0.05, 0) is 37.8 Å². The number of hydrogen-bond acceptors (Lipinski definition) is 2. The molecule has 0 unspecified atom stereocenters. The fourth-order valence-corrected chi connectivity index (χ4v) is 3.45. The largest absolute Gasteiger partial charge is 0.241 e. The minimum atomic E-state index is -3.47. The summed E-state index contributed by atoms with van der Waals surface area (Å²) in [4.78, 5) is 0.305. The number of rotatable bonds is 4. The molecule has 0 amide bonds. The maximum atomic E-state index is 12.3. The summed E-state index contributed by atoms with van der Waals surface area (Å²) in [5.74, 6) is 0.158. The maximum Gasteiger partial charge on any atom is 0.241 e. The molecule has 0 aromatic heterocycles. The smallest absolute Gasteiger partial charge is 0.207 e. The van der Waals surface area contributed by atoms with Crippen molar-refractivity contribution in [2.45, 2.75) is 30.7 Å². The number of hydrogen-bond donors (Lipinski definition) is 1. The molecule has 1 aromatic rings. The summed E-state index contributed by atoms with van der Waals surface area (Å²) >= 11 is 0. The Kier molecular flexibility index (Phi) is 4.22. The first-order valence-electron chi connectivity index (χ1n) is 6.41. The van der Waals surface area contributed by atoms with Gasteiger partial charge in [0.05, 0.1) is 4.90 Å². The minimum absolute atomic E-state index is 0.158. The Hall–Kier alpha value is -1.39. The van der Waals surface area contributed by atoms with E-state index in [1.165, 1.54) is 0 Å². The zero-order chi connectivity index (χ0) is 13.9. The maximum absolute atomic E-state index is 12.3. The van der Waals surface area contributed by atoms with Crippen molar-refractivity contribution < 1.29 is 8.42 Å². The van der Waals surface area contributed by atoms with Crippen LogP contribution < -0.4 is 4.72 Å². The van der Waals surface area contributed by atoms with E-state index in [0.29, 0.717) is 4.90 Å². The Labute approximate surface area is 115 Å². The van der Waals surface area contributed by atoms with E-state index in [9.17, 15) is 8.42 Å². The number of nitrogens with one attached hydrogen (secondary N) is 1. The molecular weight excluding hydrogens is 258 g/mol. The predicted octanol–water partition coefficient (Wildman–Crippen LogP) is 2.79. The molecule has 4 heteroatoms. The third kappa shape index (κ3) is 3.33. The number of allylic oxidation sites excluding steroid dienone is 1. The number of aryl methyl sites for hydroxylation is 1. The molecule has 1 N–H and O–H groups in total. The van der Waals surface area contributed by atoms with Crippen molar-refractivity contribution in [3.63, 3.8) is 0 Å². The molecule has 0 fully saturated rings. The van der Waals surface area contributed by atoms with Gasteiger partial charge in [-0.25, -0.2) is 13.1 Å². The second-order valence-electron chi connectivity index (χ2n) is 4.87. The zero-order valence-electron chi connectivity index (χ0n) is 11.0. The van der Waals surface area contributed by atoms with Crippen molar-refractivity contribution in [2.24, 2.45) is 5.92 Å². The molecule has 0 saturated carbocycles. The summed E-state index contributed by atoms with van der Waals surface area (Å²) in [5.41, 5.74) is 1.04. The molecule has 102 valence electrons. The molecular formula is C15H19NO2S. The van der Waals surface area contributed by atoms with Gasteiger partial charge in [-0.15, -0.1) is 6.58 Å². The van der Waals surface area contributed by atoms with E-state index >= 15 is 0 Å². The van der Waals surface area contributed by atoms with Gasteiger partial charge in [-0.3, -0.25) is 0 Å². The standard InChI is InChI=1S/C15H19NO2S/c1-3-13-6-4-5-7-15(13)16-19(17,18)14-10-8-12(2)9-11-14/h3,5,7-11,13,15-16H,1,4,6H2,2H3/t13-,15+/m0/s1. The molecule has 0 bridgehead atoms. The highest BCUT2D eigenvalue weighted by atomic mass is 32.2. The molecule has 0 heterocycles. The van der Waals surface area contributed by atoms with Gasteiger partial charge in [0.25, 0.3) is 0 Å². The molecule has 0 saturated heterocycles. The Morgan fingerprint density at radius 1 is 1.32 bits per heavy atom. The lowest BCUT2D eigenvalue weighted by Gasteiger charge is -2.25. The first-order valence-corrected chi connectivity index (χ1v) is 7.89. The van der Waals surface area contributed by atoms with Crippen LogP contribution in [0.1, 0.15) is 18.4 Å². The van der Waals surface area contributed by atoms with E-state index in [0.717, 1.165) is 18.4 Å².